The van der Waals surface area contributed by atoms with E-state index >= 15 is 0 Å². The van der Waals surface area contributed by atoms with Gasteiger partial charge in [0.2, 0.25) is 0 Å². The van der Waals surface area contributed by atoms with E-state index in [0.717, 1.165) is 11.3 Å². The summed E-state index contributed by atoms with van der Waals surface area (Å²) >= 11 is 0. The van der Waals surface area contributed by atoms with Crippen LogP contribution in [0.15, 0.2) is 18.2 Å². The van der Waals surface area contributed by atoms with Crippen LogP contribution in [0.4, 0.5) is 0 Å². The molecular formula is C16H25NO2. The second-order valence-corrected chi connectivity index (χ2v) is 6.97. The van der Waals surface area contributed by atoms with Gasteiger partial charge in [-0.15, -0.1) is 0 Å². The van der Waals surface area contributed by atoms with Crippen LogP contribution in [-0.2, 0) is 15.6 Å². The van der Waals surface area contributed by atoms with Crippen LogP contribution in [-0.4, -0.2) is 12.5 Å². The number of hydrogen-bond donors (Lipinski definition) is 1. The largest absolute Gasteiger partial charge is 0.483 e. The monoisotopic (exact) mass is 263 g/mol. The molecule has 19 heavy (non-hydrogen) atoms. The van der Waals surface area contributed by atoms with Crippen LogP contribution < -0.4 is 10.5 Å². The third-order valence-corrected chi connectivity index (χ3v) is 3.02. The van der Waals surface area contributed by atoms with Crippen LogP contribution in [0.3, 0.4) is 0 Å². The Hall–Kier alpha value is -1.51. The van der Waals surface area contributed by atoms with Crippen molar-refractivity contribution in [2.45, 2.75) is 52.4 Å². The van der Waals surface area contributed by atoms with Gasteiger partial charge in [-0.3, -0.25) is 4.79 Å². The molecule has 0 spiro atoms. The van der Waals surface area contributed by atoms with Crippen molar-refractivity contribution in [3.63, 3.8) is 0 Å². The summed E-state index contributed by atoms with van der Waals surface area (Å²) in [5.41, 5.74) is 7.52. The molecule has 1 aromatic rings. The van der Waals surface area contributed by atoms with Crippen LogP contribution in [0.1, 0.15) is 52.7 Å². The summed E-state index contributed by atoms with van der Waals surface area (Å²) in [6, 6.07) is 6.14. The number of carbonyl (C=O) groups is 1. The SMILES string of the molecule is CC(C)(C)c1ccc(OCC(N)=O)c(C(C)(C)C)c1. The maximum atomic E-state index is 10.9. The van der Waals surface area contributed by atoms with E-state index in [1.54, 1.807) is 0 Å². The van der Waals surface area contributed by atoms with E-state index in [1.807, 2.05) is 12.1 Å². The summed E-state index contributed by atoms with van der Waals surface area (Å²) in [5.74, 6) is 0.277. The van der Waals surface area contributed by atoms with Gasteiger partial charge in [-0.1, -0.05) is 53.7 Å². The Morgan fingerprint density at radius 3 is 2.11 bits per heavy atom. The van der Waals surface area contributed by atoms with Gasteiger partial charge in [0.1, 0.15) is 5.75 Å². The number of rotatable bonds is 3. The normalized spacial score (nSPS) is 12.3. The zero-order chi connectivity index (χ0) is 14.8. The second kappa shape index (κ2) is 5.24. The molecule has 0 unspecified atom stereocenters. The first-order valence-corrected chi connectivity index (χ1v) is 6.58. The topological polar surface area (TPSA) is 52.3 Å². The molecule has 3 nitrogen and oxygen atoms in total. The molecule has 3 heteroatoms. The molecule has 0 aliphatic heterocycles. The Balaban J connectivity index is 3.22. The fourth-order valence-electron chi connectivity index (χ4n) is 1.86. The quantitative estimate of drug-likeness (QED) is 0.910. The number of hydrogen-bond acceptors (Lipinski definition) is 2. The van der Waals surface area contributed by atoms with E-state index in [9.17, 15) is 4.79 Å². The minimum atomic E-state index is -0.459. The van der Waals surface area contributed by atoms with E-state index < -0.39 is 5.91 Å². The van der Waals surface area contributed by atoms with Crippen molar-refractivity contribution >= 4 is 5.91 Å². The average Bonchev–Trinajstić information content (AvgIpc) is 2.23. The highest BCUT2D eigenvalue weighted by Crippen LogP contribution is 2.35. The molecular weight excluding hydrogens is 238 g/mol. The molecule has 1 amide bonds. The van der Waals surface area contributed by atoms with Crippen molar-refractivity contribution in [3.05, 3.63) is 29.3 Å². The van der Waals surface area contributed by atoms with Crippen molar-refractivity contribution in [3.8, 4) is 5.75 Å². The standard InChI is InChI=1S/C16H25NO2/c1-15(2,3)11-7-8-13(19-10-14(17)18)12(9-11)16(4,5)6/h7-9H,10H2,1-6H3,(H2,17,18). The number of nitrogens with two attached hydrogens (primary N) is 1. The van der Waals surface area contributed by atoms with Crippen molar-refractivity contribution in [2.24, 2.45) is 5.73 Å². The lowest BCUT2D eigenvalue weighted by Gasteiger charge is -2.27. The highest BCUT2D eigenvalue weighted by atomic mass is 16.5. The minimum Gasteiger partial charge on any atom is -0.483 e. The Bertz CT molecular complexity index is 465. The Kier molecular flexibility index (Phi) is 4.28. The highest BCUT2D eigenvalue weighted by molar-refractivity contribution is 5.75. The van der Waals surface area contributed by atoms with Gasteiger partial charge in [0, 0.05) is 0 Å². The lowest BCUT2D eigenvalue weighted by molar-refractivity contribution is -0.119. The average molecular weight is 263 g/mol. The van der Waals surface area contributed by atoms with Gasteiger partial charge in [0.05, 0.1) is 0 Å². The Morgan fingerprint density at radius 2 is 1.68 bits per heavy atom. The van der Waals surface area contributed by atoms with E-state index in [2.05, 4.69) is 47.6 Å². The molecule has 106 valence electrons. The van der Waals surface area contributed by atoms with Gasteiger partial charge in [0.25, 0.3) is 5.91 Å². The molecule has 1 aromatic carbocycles. The molecule has 0 saturated carbocycles. The Labute approximate surface area is 116 Å². The van der Waals surface area contributed by atoms with Crippen LogP contribution in [0.25, 0.3) is 0 Å². The number of primary amides is 1. The molecule has 0 radical (unpaired) electrons. The fourth-order valence-corrected chi connectivity index (χ4v) is 1.86. The summed E-state index contributed by atoms with van der Waals surface area (Å²) in [7, 11) is 0. The first-order chi connectivity index (χ1) is 8.51. The predicted molar refractivity (Wildman–Crippen MR) is 78.5 cm³/mol. The minimum absolute atomic E-state index is 0.0474. The van der Waals surface area contributed by atoms with E-state index in [-0.39, 0.29) is 17.4 Å². The first kappa shape index (κ1) is 15.5. The van der Waals surface area contributed by atoms with Crippen molar-refractivity contribution < 1.29 is 9.53 Å². The van der Waals surface area contributed by atoms with E-state index in [0.29, 0.717) is 0 Å². The van der Waals surface area contributed by atoms with E-state index in [1.165, 1.54) is 5.56 Å². The van der Waals surface area contributed by atoms with Gasteiger partial charge in [0.15, 0.2) is 6.61 Å². The second-order valence-electron chi connectivity index (χ2n) is 6.97. The van der Waals surface area contributed by atoms with Gasteiger partial charge in [-0.05, 0) is 28.0 Å². The molecule has 0 fully saturated rings. The molecule has 1 rings (SSSR count). The van der Waals surface area contributed by atoms with Gasteiger partial charge in [-0.2, -0.15) is 0 Å². The fraction of sp³-hybridized carbons (Fsp3) is 0.562. The van der Waals surface area contributed by atoms with Crippen LogP contribution >= 0.6 is 0 Å². The first-order valence-electron chi connectivity index (χ1n) is 6.58. The third-order valence-electron chi connectivity index (χ3n) is 3.02. The molecule has 0 heterocycles. The van der Waals surface area contributed by atoms with Crippen LogP contribution in [0.5, 0.6) is 5.75 Å². The molecule has 0 bridgehead atoms. The number of ether oxygens (including phenoxy) is 1. The molecule has 0 saturated heterocycles. The van der Waals surface area contributed by atoms with Gasteiger partial charge in [-0.25, -0.2) is 0 Å². The lowest BCUT2D eigenvalue weighted by atomic mass is 9.80. The van der Waals surface area contributed by atoms with Gasteiger partial charge < -0.3 is 10.5 Å². The van der Waals surface area contributed by atoms with E-state index in [4.69, 9.17) is 10.5 Å². The molecule has 2 N–H and O–H groups in total. The highest BCUT2D eigenvalue weighted by Gasteiger charge is 2.23. The third kappa shape index (κ3) is 4.27. The maximum absolute atomic E-state index is 10.9. The van der Waals surface area contributed by atoms with Crippen LogP contribution in [0.2, 0.25) is 0 Å². The molecule has 0 aliphatic rings. The van der Waals surface area contributed by atoms with Crippen molar-refractivity contribution in [2.75, 3.05) is 6.61 Å². The van der Waals surface area contributed by atoms with Crippen molar-refractivity contribution in [1.82, 2.24) is 0 Å². The summed E-state index contributed by atoms with van der Waals surface area (Å²) in [6.45, 7) is 12.8. The number of benzene rings is 1. The summed E-state index contributed by atoms with van der Waals surface area (Å²) in [5, 5.41) is 0. The number of carbonyl (C=O) groups excluding carboxylic acids is 1. The summed E-state index contributed by atoms with van der Waals surface area (Å²) in [4.78, 5) is 10.9. The smallest absolute Gasteiger partial charge is 0.255 e. The Morgan fingerprint density at radius 1 is 1.11 bits per heavy atom. The molecule has 0 atom stereocenters. The maximum Gasteiger partial charge on any atom is 0.255 e. The molecule has 0 aromatic heterocycles. The van der Waals surface area contributed by atoms with Gasteiger partial charge >= 0.3 is 0 Å². The number of amides is 1. The predicted octanol–water partition coefficient (Wildman–Crippen LogP) is 3.15. The van der Waals surface area contributed by atoms with Crippen LogP contribution in [0, 0.1) is 0 Å². The zero-order valence-electron chi connectivity index (χ0n) is 12.8. The summed E-state index contributed by atoms with van der Waals surface area (Å²) < 4.78 is 5.52. The lowest BCUT2D eigenvalue weighted by Crippen LogP contribution is -2.22. The zero-order valence-corrected chi connectivity index (χ0v) is 12.8. The molecule has 0 aliphatic carbocycles. The summed E-state index contributed by atoms with van der Waals surface area (Å²) in [6.07, 6.45) is 0. The van der Waals surface area contributed by atoms with Crippen molar-refractivity contribution in [1.29, 1.82) is 0 Å².